The SMILES string of the molecule is c1ccc(-c2ccc3c4cc(-c5ccc6c(c5)c5ccccc5n6-c5ccccc5)ccc4n4c5nc6ccccc6nc5c2c34)cc1. The molecule has 0 bridgehead atoms. The van der Waals surface area contributed by atoms with Crippen LogP contribution >= 0.6 is 0 Å². The minimum atomic E-state index is 0.898. The Hall–Kier alpha value is -6.52. The highest BCUT2D eigenvalue weighted by atomic mass is 15.0. The lowest BCUT2D eigenvalue weighted by Crippen LogP contribution is -1.92. The molecular weight excluding hydrogens is 585 g/mol. The van der Waals surface area contributed by atoms with Gasteiger partial charge in [0.2, 0.25) is 0 Å². The normalized spacial score (nSPS) is 12.2. The van der Waals surface area contributed by atoms with Gasteiger partial charge in [-0.1, -0.05) is 103 Å². The zero-order chi connectivity index (χ0) is 31.3. The average molecular weight is 611 g/mol. The molecule has 11 aromatic rings. The third kappa shape index (κ3) is 3.43. The third-order valence-corrected chi connectivity index (χ3v) is 10.0. The van der Waals surface area contributed by atoms with Crippen LogP contribution in [0.3, 0.4) is 0 Å². The zero-order valence-corrected chi connectivity index (χ0v) is 25.8. The number of nitrogens with zero attached hydrogens (tertiary/aromatic N) is 4. The highest BCUT2D eigenvalue weighted by molar-refractivity contribution is 6.26. The summed E-state index contributed by atoms with van der Waals surface area (Å²) in [6.45, 7) is 0. The number of hydrogen-bond acceptors (Lipinski definition) is 2. The number of hydrogen-bond donors (Lipinski definition) is 0. The van der Waals surface area contributed by atoms with Crippen LogP contribution in [0.2, 0.25) is 0 Å². The summed E-state index contributed by atoms with van der Waals surface area (Å²) < 4.78 is 4.70. The first-order chi connectivity index (χ1) is 23.8. The summed E-state index contributed by atoms with van der Waals surface area (Å²) in [5, 5.41) is 6.09. The molecule has 222 valence electrons. The maximum atomic E-state index is 5.22. The van der Waals surface area contributed by atoms with Gasteiger partial charge in [0.15, 0.2) is 5.65 Å². The predicted molar refractivity (Wildman–Crippen MR) is 199 cm³/mol. The third-order valence-electron chi connectivity index (χ3n) is 10.0. The Bertz CT molecular complexity index is 3040. The van der Waals surface area contributed by atoms with Crippen LogP contribution in [0.25, 0.3) is 99.1 Å². The maximum Gasteiger partial charge on any atom is 0.165 e. The van der Waals surface area contributed by atoms with Gasteiger partial charge < -0.3 is 4.57 Å². The largest absolute Gasteiger partial charge is 0.309 e. The van der Waals surface area contributed by atoms with E-state index in [1.54, 1.807) is 0 Å². The van der Waals surface area contributed by atoms with E-state index in [-0.39, 0.29) is 0 Å². The molecular formula is C44H26N4. The molecule has 0 aliphatic carbocycles. The maximum absolute atomic E-state index is 5.22. The van der Waals surface area contributed by atoms with E-state index in [4.69, 9.17) is 9.97 Å². The number of para-hydroxylation sites is 4. The predicted octanol–water partition coefficient (Wildman–Crippen LogP) is 11.2. The highest BCUT2D eigenvalue weighted by Crippen LogP contribution is 2.44. The fourth-order valence-electron chi connectivity index (χ4n) is 7.93. The van der Waals surface area contributed by atoms with E-state index in [0.717, 1.165) is 33.1 Å². The highest BCUT2D eigenvalue weighted by Gasteiger charge is 2.23. The van der Waals surface area contributed by atoms with E-state index in [1.807, 2.05) is 12.1 Å². The lowest BCUT2D eigenvalue weighted by atomic mass is 9.97. The van der Waals surface area contributed by atoms with Crippen molar-refractivity contribution in [3.8, 4) is 27.9 Å². The Morgan fingerprint density at radius 2 is 1.04 bits per heavy atom. The first-order valence-electron chi connectivity index (χ1n) is 16.3. The molecule has 0 radical (unpaired) electrons. The van der Waals surface area contributed by atoms with Crippen molar-refractivity contribution in [2.45, 2.75) is 0 Å². The molecule has 11 rings (SSSR count). The number of aromatic nitrogens is 4. The second-order valence-electron chi connectivity index (χ2n) is 12.6. The van der Waals surface area contributed by atoms with Gasteiger partial charge in [-0.3, -0.25) is 4.40 Å². The van der Waals surface area contributed by atoms with Crippen LogP contribution in [0.4, 0.5) is 0 Å². The van der Waals surface area contributed by atoms with Gasteiger partial charge in [-0.05, 0) is 76.9 Å². The quantitative estimate of drug-likeness (QED) is 0.199. The average Bonchev–Trinajstić information content (AvgIpc) is 3.78. The topological polar surface area (TPSA) is 35.1 Å². The van der Waals surface area contributed by atoms with Crippen molar-refractivity contribution in [2.24, 2.45) is 0 Å². The minimum absolute atomic E-state index is 0.898. The van der Waals surface area contributed by atoms with Crippen LogP contribution in [0.1, 0.15) is 0 Å². The molecule has 0 amide bonds. The first kappa shape index (κ1) is 25.6. The van der Waals surface area contributed by atoms with Gasteiger partial charge in [-0.25, -0.2) is 9.97 Å². The summed E-state index contributed by atoms with van der Waals surface area (Å²) in [7, 11) is 0. The van der Waals surface area contributed by atoms with Crippen molar-refractivity contribution in [3.05, 3.63) is 158 Å². The molecule has 0 unspecified atom stereocenters. The van der Waals surface area contributed by atoms with E-state index < -0.39 is 0 Å². The standard InChI is InChI=1S/C44H26N4/c1-3-11-27(12-4-1)31-21-22-33-35-26-29(20-24-40(35)48-43(33)41(31)42-44(48)46-37-17-9-8-16-36(37)45-42)28-19-23-39-34(25-28)32-15-7-10-18-38(32)47(39)30-13-5-2-6-14-30/h1-26H. The van der Waals surface area contributed by atoms with Crippen molar-refractivity contribution in [2.75, 3.05) is 0 Å². The second kappa shape index (κ2) is 9.50. The summed E-state index contributed by atoms with van der Waals surface area (Å²) >= 11 is 0. The lowest BCUT2D eigenvalue weighted by Gasteiger charge is -2.08. The molecule has 48 heavy (non-hydrogen) atoms. The molecule has 7 aromatic carbocycles. The molecule has 0 aliphatic rings. The Morgan fingerprint density at radius 3 is 1.83 bits per heavy atom. The van der Waals surface area contributed by atoms with Crippen molar-refractivity contribution in [1.29, 1.82) is 0 Å². The molecule has 0 fully saturated rings. The van der Waals surface area contributed by atoms with E-state index in [1.165, 1.54) is 66.0 Å². The summed E-state index contributed by atoms with van der Waals surface area (Å²) in [6, 6.07) is 56.5. The number of rotatable bonds is 3. The fourth-order valence-corrected chi connectivity index (χ4v) is 7.93. The smallest absolute Gasteiger partial charge is 0.165 e. The van der Waals surface area contributed by atoms with Gasteiger partial charge in [0.25, 0.3) is 0 Å². The monoisotopic (exact) mass is 610 g/mol. The molecule has 0 saturated carbocycles. The van der Waals surface area contributed by atoms with Crippen LogP contribution in [0, 0.1) is 0 Å². The molecule has 4 nitrogen and oxygen atoms in total. The lowest BCUT2D eigenvalue weighted by molar-refractivity contribution is 1.18. The van der Waals surface area contributed by atoms with Crippen LogP contribution in [-0.4, -0.2) is 18.9 Å². The molecule has 4 heteroatoms. The summed E-state index contributed by atoms with van der Waals surface area (Å²) in [6.07, 6.45) is 0. The van der Waals surface area contributed by atoms with Gasteiger partial charge in [0.1, 0.15) is 5.52 Å². The van der Waals surface area contributed by atoms with Crippen molar-refractivity contribution in [3.63, 3.8) is 0 Å². The molecule has 4 heterocycles. The molecule has 0 aliphatic heterocycles. The van der Waals surface area contributed by atoms with Crippen LogP contribution in [0.15, 0.2) is 158 Å². The molecule has 0 spiro atoms. The van der Waals surface area contributed by atoms with E-state index in [0.29, 0.717) is 0 Å². The number of fused-ring (bicyclic) bond motifs is 10. The zero-order valence-electron chi connectivity index (χ0n) is 25.8. The Balaban J connectivity index is 1.19. The summed E-state index contributed by atoms with van der Waals surface area (Å²) in [4.78, 5) is 10.4. The molecule has 4 aromatic heterocycles. The van der Waals surface area contributed by atoms with Crippen molar-refractivity contribution < 1.29 is 0 Å². The van der Waals surface area contributed by atoms with Crippen molar-refractivity contribution in [1.82, 2.24) is 18.9 Å². The van der Waals surface area contributed by atoms with Crippen LogP contribution in [0.5, 0.6) is 0 Å². The van der Waals surface area contributed by atoms with Gasteiger partial charge in [-0.15, -0.1) is 0 Å². The molecule has 0 N–H and O–H groups in total. The van der Waals surface area contributed by atoms with E-state index in [9.17, 15) is 0 Å². The van der Waals surface area contributed by atoms with Gasteiger partial charge in [0, 0.05) is 32.6 Å². The molecule has 0 saturated heterocycles. The Labute approximate surface area is 275 Å². The van der Waals surface area contributed by atoms with Crippen LogP contribution in [-0.2, 0) is 0 Å². The Morgan fingerprint density at radius 1 is 0.417 bits per heavy atom. The fraction of sp³-hybridized carbons (Fsp3) is 0. The summed E-state index contributed by atoms with van der Waals surface area (Å²) in [5.41, 5.74) is 14.3. The first-order valence-corrected chi connectivity index (χ1v) is 16.3. The number of benzene rings is 7. The van der Waals surface area contributed by atoms with Gasteiger partial charge in [-0.2, -0.15) is 0 Å². The minimum Gasteiger partial charge on any atom is -0.309 e. The van der Waals surface area contributed by atoms with Gasteiger partial charge in [0.05, 0.1) is 33.1 Å². The second-order valence-corrected chi connectivity index (χ2v) is 12.6. The van der Waals surface area contributed by atoms with Crippen LogP contribution < -0.4 is 0 Å². The molecule has 0 atom stereocenters. The summed E-state index contributed by atoms with van der Waals surface area (Å²) in [5.74, 6) is 0. The Kier molecular flexibility index (Phi) is 5.08. The van der Waals surface area contributed by atoms with E-state index in [2.05, 4.69) is 155 Å². The van der Waals surface area contributed by atoms with Gasteiger partial charge >= 0.3 is 0 Å². The van der Waals surface area contributed by atoms with Crippen molar-refractivity contribution >= 4 is 71.2 Å². The van der Waals surface area contributed by atoms with E-state index >= 15 is 0 Å².